The van der Waals surface area contributed by atoms with Gasteiger partial charge in [0.15, 0.2) is 0 Å². The van der Waals surface area contributed by atoms with Gasteiger partial charge < -0.3 is 4.90 Å². The summed E-state index contributed by atoms with van der Waals surface area (Å²) >= 11 is 7.34. The number of aromatic nitrogens is 3. The number of amides is 1. The minimum absolute atomic E-state index is 0.0145. The van der Waals surface area contributed by atoms with Crippen molar-refractivity contribution in [2.75, 3.05) is 26.2 Å². The van der Waals surface area contributed by atoms with Gasteiger partial charge in [-0.05, 0) is 23.8 Å². The Bertz CT molecular complexity index is 1390. The quantitative estimate of drug-likeness (QED) is 0.397. The minimum Gasteiger partial charge on any atom is -0.337 e. The number of nitrogens with zero attached hydrogens (tertiary/aromatic N) is 5. The van der Waals surface area contributed by atoms with Crippen LogP contribution >= 0.6 is 22.9 Å². The van der Waals surface area contributed by atoms with Crippen LogP contribution in [0.1, 0.15) is 11.3 Å². The normalized spacial score (nSPS) is 14.8. The Kier molecular flexibility index (Phi) is 6.53. The number of carbonyl (C=O) groups is 1. The first-order valence-electron chi connectivity index (χ1n) is 11.0. The summed E-state index contributed by atoms with van der Waals surface area (Å²) in [6.07, 6.45) is 3.47. The summed E-state index contributed by atoms with van der Waals surface area (Å²) in [4.78, 5) is 34.4. The van der Waals surface area contributed by atoms with Gasteiger partial charge >= 0.3 is 0 Å². The van der Waals surface area contributed by atoms with Gasteiger partial charge in [0.1, 0.15) is 5.01 Å². The third-order valence-corrected chi connectivity index (χ3v) is 6.89. The molecule has 5 rings (SSSR count). The van der Waals surface area contributed by atoms with Crippen molar-refractivity contribution in [3.8, 4) is 10.6 Å². The fraction of sp³-hybridized carbons (Fsp3) is 0.200. The fourth-order valence-electron chi connectivity index (χ4n) is 3.84. The monoisotopic (exact) mass is 491 g/mol. The van der Waals surface area contributed by atoms with Crippen molar-refractivity contribution in [1.82, 2.24) is 24.4 Å². The Morgan fingerprint density at radius 3 is 2.50 bits per heavy atom. The molecule has 3 heterocycles. The van der Waals surface area contributed by atoms with Crippen molar-refractivity contribution < 1.29 is 4.79 Å². The second-order valence-electron chi connectivity index (χ2n) is 8.04. The maximum absolute atomic E-state index is 12.6. The predicted octanol–water partition coefficient (Wildman–Crippen LogP) is 3.83. The Hall–Kier alpha value is -3.33. The Balaban J connectivity index is 1.23. The lowest BCUT2D eigenvalue weighted by Gasteiger charge is -2.34. The van der Waals surface area contributed by atoms with Crippen LogP contribution in [0.3, 0.4) is 0 Å². The van der Waals surface area contributed by atoms with Gasteiger partial charge in [0, 0.05) is 55.5 Å². The molecule has 1 saturated heterocycles. The lowest BCUT2D eigenvalue weighted by Crippen LogP contribution is -2.48. The third kappa shape index (κ3) is 5.09. The van der Waals surface area contributed by atoms with Gasteiger partial charge in [-0.15, -0.1) is 0 Å². The fourth-order valence-corrected chi connectivity index (χ4v) is 4.89. The van der Waals surface area contributed by atoms with Gasteiger partial charge in [-0.2, -0.15) is 9.61 Å². The van der Waals surface area contributed by atoms with Gasteiger partial charge in [0.25, 0.3) is 5.56 Å². The molecule has 2 aromatic heterocycles. The van der Waals surface area contributed by atoms with Gasteiger partial charge in [-0.1, -0.05) is 65.4 Å². The van der Waals surface area contributed by atoms with Crippen molar-refractivity contribution >= 4 is 39.9 Å². The molecule has 4 aromatic rings. The highest BCUT2D eigenvalue weighted by atomic mass is 35.5. The number of rotatable bonds is 5. The van der Waals surface area contributed by atoms with Crippen LogP contribution in [0.2, 0.25) is 5.02 Å². The van der Waals surface area contributed by atoms with Crippen LogP contribution in [0.25, 0.3) is 21.6 Å². The Labute approximate surface area is 205 Å². The van der Waals surface area contributed by atoms with E-state index in [1.807, 2.05) is 53.4 Å². The van der Waals surface area contributed by atoms with Crippen LogP contribution in [-0.2, 0) is 11.3 Å². The highest BCUT2D eigenvalue weighted by molar-refractivity contribution is 7.19. The maximum Gasteiger partial charge on any atom is 0.275 e. The van der Waals surface area contributed by atoms with E-state index in [-0.39, 0.29) is 11.5 Å². The molecule has 2 aromatic carbocycles. The van der Waals surface area contributed by atoms with Crippen molar-refractivity contribution in [3.63, 3.8) is 0 Å². The largest absolute Gasteiger partial charge is 0.337 e. The standard InChI is InChI=1S/C25H22ClN5O2S/c26-20-9-7-19(8-10-20)24-28-31-23(33)16-21(27-25(31)34-24)17-29-12-14-30(15-13-29)22(32)11-6-18-4-2-1-3-5-18/h1-11,16H,12-15,17H2/b11-6+. The molecule has 0 atom stereocenters. The van der Waals surface area contributed by atoms with Crippen molar-refractivity contribution in [2.45, 2.75) is 6.54 Å². The van der Waals surface area contributed by atoms with E-state index in [0.717, 1.165) is 24.2 Å². The first kappa shape index (κ1) is 22.5. The molecule has 0 radical (unpaired) electrons. The van der Waals surface area contributed by atoms with E-state index in [2.05, 4.69) is 15.0 Å². The lowest BCUT2D eigenvalue weighted by molar-refractivity contribution is -0.127. The van der Waals surface area contributed by atoms with Gasteiger partial charge in [-0.3, -0.25) is 14.5 Å². The van der Waals surface area contributed by atoms with Crippen LogP contribution in [0.5, 0.6) is 0 Å². The summed E-state index contributed by atoms with van der Waals surface area (Å²) in [7, 11) is 0. The van der Waals surface area contributed by atoms with Crippen LogP contribution < -0.4 is 5.56 Å². The molecule has 1 aliphatic heterocycles. The van der Waals surface area contributed by atoms with Crippen molar-refractivity contribution in [3.05, 3.63) is 93.4 Å². The molecule has 1 aliphatic rings. The zero-order chi connectivity index (χ0) is 23.5. The van der Waals surface area contributed by atoms with E-state index < -0.39 is 0 Å². The summed E-state index contributed by atoms with van der Waals surface area (Å²) in [6.45, 7) is 3.29. The summed E-state index contributed by atoms with van der Waals surface area (Å²) in [6, 6.07) is 18.7. The van der Waals surface area contributed by atoms with Crippen LogP contribution in [0, 0.1) is 0 Å². The number of benzene rings is 2. The first-order chi connectivity index (χ1) is 16.5. The SMILES string of the molecule is O=C(/C=C/c1ccccc1)N1CCN(Cc2cc(=O)n3nc(-c4ccc(Cl)cc4)sc3n2)CC1. The molecular weight excluding hydrogens is 470 g/mol. The molecule has 0 spiro atoms. The number of piperazine rings is 1. The molecule has 0 unspecified atom stereocenters. The number of hydrogen-bond donors (Lipinski definition) is 0. The van der Waals surface area contributed by atoms with E-state index in [4.69, 9.17) is 11.6 Å². The van der Waals surface area contributed by atoms with Crippen molar-refractivity contribution in [2.24, 2.45) is 0 Å². The number of carbonyl (C=O) groups excluding carboxylic acids is 1. The maximum atomic E-state index is 12.6. The highest BCUT2D eigenvalue weighted by Crippen LogP contribution is 2.25. The molecule has 0 N–H and O–H groups in total. The number of hydrogen-bond acceptors (Lipinski definition) is 6. The zero-order valence-electron chi connectivity index (χ0n) is 18.3. The summed E-state index contributed by atoms with van der Waals surface area (Å²) in [5.41, 5.74) is 2.41. The molecule has 1 fully saturated rings. The summed E-state index contributed by atoms with van der Waals surface area (Å²) in [5, 5.41) is 5.79. The van der Waals surface area contributed by atoms with Gasteiger partial charge in [0.2, 0.25) is 10.9 Å². The number of fused-ring (bicyclic) bond motifs is 1. The molecule has 0 saturated carbocycles. The molecule has 0 aliphatic carbocycles. The second kappa shape index (κ2) is 9.89. The molecule has 1 amide bonds. The average molecular weight is 492 g/mol. The van der Waals surface area contributed by atoms with Crippen LogP contribution in [0.4, 0.5) is 0 Å². The average Bonchev–Trinajstić information content (AvgIpc) is 3.29. The van der Waals surface area contributed by atoms with Crippen LogP contribution in [0.15, 0.2) is 71.5 Å². The molecule has 172 valence electrons. The zero-order valence-corrected chi connectivity index (χ0v) is 19.9. The van der Waals surface area contributed by atoms with E-state index in [0.29, 0.717) is 40.3 Å². The highest BCUT2D eigenvalue weighted by Gasteiger charge is 2.21. The predicted molar refractivity (Wildman–Crippen MR) is 135 cm³/mol. The van der Waals surface area contributed by atoms with E-state index in [1.165, 1.54) is 15.9 Å². The van der Waals surface area contributed by atoms with E-state index in [9.17, 15) is 9.59 Å². The Morgan fingerprint density at radius 1 is 1.03 bits per heavy atom. The Morgan fingerprint density at radius 2 is 1.76 bits per heavy atom. The van der Waals surface area contributed by atoms with Gasteiger partial charge in [-0.25, -0.2) is 4.98 Å². The molecule has 0 bridgehead atoms. The van der Waals surface area contributed by atoms with E-state index >= 15 is 0 Å². The summed E-state index contributed by atoms with van der Waals surface area (Å²) in [5.74, 6) is 0.0145. The molecule has 7 nitrogen and oxygen atoms in total. The first-order valence-corrected chi connectivity index (χ1v) is 12.1. The second-order valence-corrected chi connectivity index (χ2v) is 9.43. The topological polar surface area (TPSA) is 70.8 Å². The third-order valence-electron chi connectivity index (χ3n) is 5.68. The molecular formula is C25H22ClN5O2S. The van der Waals surface area contributed by atoms with Crippen molar-refractivity contribution in [1.29, 1.82) is 0 Å². The summed E-state index contributed by atoms with van der Waals surface area (Å²) < 4.78 is 1.34. The number of halogens is 1. The smallest absolute Gasteiger partial charge is 0.275 e. The minimum atomic E-state index is -0.198. The van der Waals surface area contributed by atoms with E-state index in [1.54, 1.807) is 24.3 Å². The molecule has 34 heavy (non-hydrogen) atoms. The van der Waals surface area contributed by atoms with Gasteiger partial charge in [0.05, 0.1) is 5.69 Å². The lowest BCUT2D eigenvalue weighted by atomic mass is 10.2. The molecule has 9 heteroatoms. The van der Waals surface area contributed by atoms with Crippen LogP contribution in [-0.4, -0.2) is 56.5 Å².